The summed E-state index contributed by atoms with van der Waals surface area (Å²) in [4.78, 5) is 15.1. The Morgan fingerprint density at radius 3 is 2.90 bits per heavy atom. The number of carboxylic acids is 1. The highest BCUT2D eigenvalue weighted by Gasteiger charge is 2.25. The van der Waals surface area contributed by atoms with E-state index in [1.165, 1.54) is 32.1 Å². The maximum Gasteiger partial charge on any atom is 0.335 e. The smallest absolute Gasteiger partial charge is 0.335 e. The van der Waals surface area contributed by atoms with E-state index in [-0.39, 0.29) is 5.56 Å². The van der Waals surface area contributed by atoms with E-state index in [0.717, 1.165) is 5.69 Å². The van der Waals surface area contributed by atoms with Gasteiger partial charge in [0.1, 0.15) is 6.61 Å². The lowest BCUT2D eigenvalue weighted by atomic mass is 10.2. The normalized spacial score (nSPS) is 14.0. The van der Waals surface area contributed by atoms with Crippen molar-refractivity contribution in [3.63, 3.8) is 0 Å². The van der Waals surface area contributed by atoms with Crippen LogP contribution in [0.4, 0.5) is 0 Å². The molecule has 1 fully saturated rings. The molecule has 1 N–H and O–H groups in total. The summed E-state index contributed by atoms with van der Waals surface area (Å²) in [6.07, 6.45) is 5.97. The Kier molecular flexibility index (Phi) is 3.51. The van der Waals surface area contributed by atoms with Gasteiger partial charge in [0.15, 0.2) is 11.5 Å². The summed E-state index contributed by atoms with van der Waals surface area (Å²) in [5.41, 5.74) is 1.17. The van der Waals surface area contributed by atoms with Crippen LogP contribution in [0.15, 0.2) is 30.7 Å². The summed E-state index contributed by atoms with van der Waals surface area (Å²) in [6, 6.07) is 5.11. The maximum absolute atomic E-state index is 10.9. The number of carbonyl (C=O) groups is 1. The highest BCUT2D eigenvalue weighted by Crippen LogP contribution is 2.36. The number of carboxylic acid groups (broad SMARTS) is 1. The molecule has 0 amide bonds. The molecule has 0 atom stereocenters. The molecule has 1 aliphatic carbocycles. The Morgan fingerprint density at radius 1 is 1.43 bits per heavy atom. The zero-order valence-corrected chi connectivity index (χ0v) is 11.7. The van der Waals surface area contributed by atoms with E-state index in [9.17, 15) is 4.79 Å². The molecule has 1 saturated carbocycles. The molecule has 1 heterocycles. The Morgan fingerprint density at radius 2 is 2.24 bits per heavy atom. The molecular formula is C15H16N2O4. The zero-order valence-electron chi connectivity index (χ0n) is 11.7. The van der Waals surface area contributed by atoms with Gasteiger partial charge >= 0.3 is 5.97 Å². The third-order valence-corrected chi connectivity index (χ3v) is 3.47. The molecule has 0 saturated heterocycles. The van der Waals surface area contributed by atoms with Gasteiger partial charge in [-0.15, -0.1) is 0 Å². The van der Waals surface area contributed by atoms with Crippen LogP contribution in [-0.4, -0.2) is 27.7 Å². The lowest BCUT2D eigenvalue weighted by Crippen LogP contribution is -2.05. The Balaban J connectivity index is 1.75. The van der Waals surface area contributed by atoms with Gasteiger partial charge in [-0.05, 0) is 31.0 Å². The SMILES string of the molecule is COc1cc(C(=O)O)ccc1OCc1cncn1C1CC1. The Labute approximate surface area is 121 Å². The van der Waals surface area contributed by atoms with Crippen LogP contribution in [0.25, 0.3) is 0 Å². The van der Waals surface area contributed by atoms with Gasteiger partial charge in [0.25, 0.3) is 0 Å². The third-order valence-electron chi connectivity index (χ3n) is 3.47. The summed E-state index contributed by atoms with van der Waals surface area (Å²) < 4.78 is 13.1. The van der Waals surface area contributed by atoms with E-state index in [0.29, 0.717) is 24.1 Å². The van der Waals surface area contributed by atoms with Crippen LogP contribution in [-0.2, 0) is 6.61 Å². The molecule has 1 aromatic heterocycles. The number of benzene rings is 1. The largest absolute Gasteiger partial charge is 0.493 e. The van der Waals surface area contributed by atoms with Crippen molar-refractivity contribution in [2.24, 2.45) is 0 Å². The molecule has 0 aliphatic heterocycles. The van der Waals surface area contributed by atoms with Crippen LogP contribution < -0.4 is 9.47 Å². The minimum atomic E-state index is -0.994. The maximum atomic E-state index is 10.9. The second-order valence-electron chi connectivity index (χ2n) is 4.98. The number of aromatic carboxylic acids is 1. The van der Waals surface area contributed by atoms with Crippen LogP contribution in [0.3, 0.4) is 0 Å². The second kappa shape index (κ2) is 5.47. The van der Waals surface area contributed by atoms with Crippen molar-refractivity contribution in [3.8, 4) is 11.5 Å². The van der Waals surface area contributed by atoms with Crippen LogP contribution in [0, 0.1) is 0 Å². The lowest BCUT2D eigenvalue weighted by molar-refractivity contribution is 0.0696. The molecule has 3 rings (SSSR count). The quantitative estimate of drug-likeness (QED) is 0.884. The molecule has 6 nitrogen and oxygen atoms in total. The molecule has 0 spiro atoms. The van der Waals surface area contributed by atoms with Gasteiger partial charge in [-0.1, -0.05) is 0 Å². The molecule has 1 aliphatic rings. The first-order valence-electron chi connectivity index (χ1n) is 6.74. The van der Waals surface area contributed by atoms with Gasteiger partial charge in [-0.25, -0.2) is 9.78 Å². The molecule has 2 aromatic rings. The fourth-order valence-electron chi connectivity index (χ4n) is 2.20. The zero-order chi connectivity index (χ0) is 14.8. The molecule has 110 valence electrons. The summed E-state index contributed by atoms with van der Waals surface area (Å²) >= 11 is 0. The van der Waals surface area contributed by atoms with E-state index < -0.39 is 5.97 Å². The first kappa shape index (κ1) is 13.5. The second-order valence-corrected chi connectivity index (χ2v) is 4.98. The van der Waals surface area contributed by atoms with Crippen molar-refractivity contribution < 1.29 is 19.4 Å². The highest BCUT2D eigenvalue weighted by molar-refractivity contribution is 5.88. The van der Waals surface area contributed by atoms with Crippen molar-refractivity contribution in [2.75, 3.05) is 7.11 Å². The van der Waals surface area contributed by atoms with E-state index in [1.807, 2.05) is 6.33 Å². The lowest BCUT2D eigenvalue weighted by Gasteiger charge is -2.12. The van der Waals surface area contributed by atoms with Crippen molar-refractivity contribution in [2.45, 2.75) is 25.5 Å². The molecule has 1 aromatic carbocycles. The van der Waals surface area contributed by atoms with Gasteiger partial charge < -0.3 is 19.1 Å². The van der Waals surface area contributed by atoms with E-state index in [4.69, 9.17) is 14.6 Å². The number of nitrogens with zero attached hydrogens (tertiary/aromatic N) is 2. The van der Waals surface area contributed by atoms with Crippen molar-refractivity contribution >= 4 is 5.97 Å². The number of aromatic nitrogens is 2. The first-order chi connectivity index (χ1) is 10.2. The van der Waals surface area contributed by atoms with E-state index >= 15 is 0 Å². The Bertz CT molecular complexity index is 661. The number of ether oxygens (including phenoxy) is 2. The van der Waals surface area contributed by atoms with Gasteiger partial charge in [0.05, 0.1) is 30.9 Å². The number of rotatable bonds is 6. The van der Waals surface area contributed by atoms with Gasteiger partial charge in [0, 0.05) is 6.04 Å². The van der Waals surface area contributed by atoms with Gasteiger partial charge in [-0.2, -0.15) is 0 Å². The number of imidazole rings is 1. The average Bonchev–Trinajstić information content (AvgIpc) is 3.23. The molecule has 0 unspecified atom stereocenters. The van der Waals surface area contributed by atoms with Crippen LogP contribution in [0.2, 0.25) is 0 Å². The standard InChI is InChI=1S/C15H16N2O4/c1-20-14-6-10(15(18)19)2-5-13(14)21-8-12-7-16-9-17(12)11-3-4-11/h2,5-7,9,11H,3-4,8H2,1H3,(H,18,19). The van der Waals surface area contributed by atoms with Crippen LogP contribution in [0.1, 0.15) is 34.9 Å². The highest BCUT2D eigenvalue weighted by atomic mass is 16.5. The van der Waals surface area contributed by atoms with E-state index in [1.54, 1.807) is 12.3 Å². The van der Waals surface area contributed by atoms with Crippen molar-refractivity contribution in [1.82, 2.24) is 9.55 Å². The average molecular weight is 288 g/mol. The molecule has 21 heavy (non-hydrogen) atoms. The fraction of sp³-hybridized carbons (Fsp3) is 0.333. The monoisotopic (exact) mass is 288 g/mol. The molecule has 0 bridgehead atoms. The topological polar surface area (TPSA) is 73.6 Å². The third kappa shape index (κ3) is 2.84. The van der Waals surface area contributed by atoms with Gasteiger partial charge in [0.2, 0.25) is 0 Å². The van der Waals surface area contributed by atoms with E-state index in [2.05, 4.69) is 9.55 Å². The molecular weight excluding hydrogens is 272 g/mol. The summed E-state index contributed by atoms with van der Waals surface area (Å²) in [6.45, 7) is 0.374. The van der Waals surface area contributed by atoms with Gasteiger partial charge in [-0.3, -0.25) is 0 Å². The predicted octanol–water partition coefficient (Wildman–Crippen LogP) is 2.50. The number of methoxy groups -OCH3 is 1. The number of hydrogen-bond donors (Lipinski definition) is 1. The first-order valence-corrected chi connectivity index (χ1v) is 6.74. The van der Waals surface area contributed by atoms with Crippen LogP contribution >= 0.6 is 0 Å². The summed E-state index contributed by atoms with van der Waals surface area (Å²) in [5.74, 6) is -0.0647. The Hall–Kier alpha value is -2.50. The molecule has 0 radical (unpaired) electrons. The summed E-state index contributed by atoms with van der Waals surface area (Å²) in [7, 11) is 1.49. The summed E-state index contributed by atoms with van der Waals surface area (Å²) in [5, 5.41) is 8.97. The predicted molar refractivity (Wildman–Crippen MR) is 74.8 cm³/mol. The van der Waals surface area contributed by atoms with Crippen molar-refractivity contribution in [3.05, 3.63) is 42.0 Å². The van der Waals surface area contributed by atoms with Crippen molar-refractivity contribution in [1.29, 1.82) is 0 Å². The minimum absolute atomic E-state index is 0.169. The molecule has 6 heteroatoms. The number of hydrogen-bond acceptors (Lipinski definition) is 4. The minimum Gasteiger partial charge on any atom is -0.493 e. The fourth-order valence-corrected chi connectivity index (χ4v) is 2.20. The van der Waals surface area contributed by atoms with Crippen LogP contribution in [0.5, 0.6) is 11.5 Å².